The molecule has 1 saturated heterocycles. The van der Waals surface area contributed by atoms with Crippen molar-refractivity contribution in [1.29, 1.82) is 0 Å². The second-order valence-corrected chi connectivity index (χ2v) is 11.6. The molecule has 0 spiro atoms. The van der Waals surface area contributed by atoms with E-state index in [1.165, 1.54) is 0 Å². The molecule has 0 aromatic heterocycles. The van der Waals surface area contributed by atoms with E-state index >= 15 is 0 Å². The molecule has 0 radical (unpaired) electrons. The van der Waals surface area contributed by atoms with Crippen molar-refractivity contribution in [2.24, 2.45) is 28.6 Å². The highest BCUT2D eigenvalue weighted by atomic mass is 16.3. The Kier molecular flexibility index (Phi) is 5.32. The second-order valence-electron chi connectivity index (χ2n) is 11.6. The van der Waals surface area contributed by atoms with Crippen molar-refractivity contribution in [3.05, 3.63) is 23.8 Å². The molecule has 32 heavy (non-hydrogen) atoms. The first-order valence-corrected chi connectivity index (χ1v) is 12.4. The molecule has 0 unspecified atom stereocenters. The number of likely N-dealkylation sites (N-methyl/N-ethyl adjacent to an activating group) is 1. The van der Waals surface area contributed by atoms with Crippen LogP contribution in [0.4, 0.5) is 0 Å². The molecule has 3 saturated carbocycles. The molecule has 1 aliphatic heterocycles. The number of aliphatic hydroxyl groups excluding tert-OH is 1. The predicted octanol–water partition coefficient (Wildman–Crippen LogP) is 1.81. The lowest BCUT2D eigenvalue weighted by atomic mass is 9.46. The quantitative estimate of drug-likeness (QED) is 0.694. The SMILES string of the molecule is CN1CCN(CC(=O)[C@@]2(O)CC[C@H]3[C@H]4CCC5=CC(=O)C=C[C@@]5(C)[C@@H]4[C@@H](O)C[C@@]32C)CC1. The first kappa shape index (κ1) is 22.5. The van der Waals surface area contributed by atoms with Gasteiger partial charge in [0.2, 0.25) is 0 Å². The molecular weight excluding hydrogens is 404 g/mol. The molecule has 4 aliphatic carbocycles. The Bertz CT molecular complexity index is 875. The molecule has 0 amide bonds. The molecule has 6 heteroatoms. The highest BCUT2D eigenvalue weighted by Gasteiger charge is 2.68. The van der Waals surface area contributed by atoms with Crippen LogP contribution in [0.25, 0.3) is 0 Å². The summed E-state index contributed by atoms with van der Waals surface area (Å²) < 4.78 is 0. The third-order valence-electron chi connectivity index (χ3n) is 10.1. The summed E-state index contributed by atoms with van der Waals surface area (Å²) in [7, 11) is 2.10. The largest absolute Gasteiger partial charge is 0.393 e. The minimum Gasteiger partial charge on any atom is -0.393 e. The van der Waals surface area contributed by atoms with Crippen LogP contribution in [0.2, 0.25) is 0 Å². The summed E-state index contributed by atoms with van der Waals surface area (Å²) >= 11 is 0. The molecular formula is C26H38N2O4. The number of fused-ring (bicyclic) bond motifs is 5. The van der Waals surface area contributed by atoms with Gasteiger partial charge in [-0.15, -0.1) is 0 Å². The summed E-state index contributed by atoms with van der Waals surface area (Å²) in [5, 5.41) is 23.3. The number of nitrogens with zero attached hydrogens (tertiary/aromatic N) is 2. The number of piperazine rings is 1. The first-order chi connectivity index (χ1) is 15.1. The van der Waals surface area contributed by atoms with E-state index in [4.69, 9.17) is 0 Å². The topological polar surface area (TPSA) is 81.1 Å². The van der Waals surface area contributed by atoms with E-state index in [9.17, 15) is 19.8 Å². The van der Waals surface area contributed by atoms with Crippen molar-refractivity contribution >= 4 is 11.6 Å². The summed E-state index contributed by atoms with van der Waals surface area (Å²) in [5.41, 5.74) is -1.17. The standard InChI is InChI=1S/C26H38N2O4/c1-24-8-6-18(29)14-17(24)4-5-19-20-7-9-26(32,25(20,2)15-21(30)23(19)24)22(31)16-28-12-10-27(3)11-13-28/h6,8,14,19-21,23,30,32H,4-5,7,9-13,15-16H2,1-3H3/t19-,20+,21+,23+,24-,25+,26+/m1/s1. The third-order valence-corrected chi connectivity index (χ3v) is 10.1. The van der Waals surface area contributed by atoms with Gasteiger partial charge in [0.15, 0.2) is 11.6 Å². The smallest absolute Gasteiger partial charge is 0.178 e. The Morgan fingerprint density at radius 2 is 1.91 bits per heavy atom. The average molecular weight is 443 g/mol. The zero-order valence-corrected chi connectivity index (χ0v) is 19.7. The van der Waals surface area contributed by atoms with Crippen molar-refractivity contribution in [1.82, 2.24) is 9.80 Å². The summed E-state index contributed by atoms with van der Waals surface area (Å²) in [4.78, 5) is 29.9. The van der Waals surface area contributed by atoms with Gasteiger partial charge >= 0.3 is 0 Å². The molecule has 5 aliphatic rings. The van der Waals surface area contributed by atoms with Crippen LogP contribution >= 0.6 is 0 Å². The van der Waals surface area contributed by atoms with Crippen molar-refractivity contribution in [3.8, 4) is 0 Å². The molecule has 6 nitrogen and oxygen atoms in total. The Balaban J connectivity index is 1.40. The zero-order chi connectivity index (χ0) is 22.9. The number of hydrogen-bond acceptors (Lipinski definition) is 6. The van der Waals surface area contributed by atoms with E-state index in [1.54, 1.807) is 12.2 Å². The van der Waals surface area contributed by atoms with Crippen LogP contribution in [0.1, 0.15) is 46.0 Å². The molecule has 0 aromatic rings. The summed E-state index contributed by atoms with van der Waals surface area (Å²) in [6, 6.07) is 0. The number of carbonyl (C=O) groups is 2. The van der Waals surface area contributed by atoms with E-state index in [0.717, 1.165) is 51.0 Å². The molecule has 176 valence electrons. The van der Waals surface area contributed by atoms with Crippen LogP contribution in [0.15, 0.2) is 23.8 Å². The Labute approximate surface area is 191 Å². The van der Waals surface area contributed by atoms with Gasteiger partial charge in [-0.2, -0.15) is 0 Å². The van der Waals surface area contributed by atoms with Crippen LogP contribution in [-0.4, -0.2) is 83.1 Å². The van der Waals surface area contributed by atoms with E-state index in [-0.39, 0.29) is 34.7 Å². The van der Waals surface area contributed by atoms with Gasteiger partial charge in [-0.3, -0.25) is 14.5 Å². The zero-order valence-electron chi connectivity index (χ0n) is 19.7. The molecule has 7 atom stereocenters. The van der Waals surface area contributed by atoms with Crippen molar-refractivity contribution in [2.45, 2.75) is 57.7 Å². The summed E-state index contributed by atoms with van der Waals surface area (Å²) in [5.74, 6) is 0.454. The number of rotatable bonds is 3. The van der Waals surface area contributed by atoms with Crippen LogP contribution in [0.5, 0.6) is 0 Å². The first-order valence-electron chi connectivity index (χ1n) is 12.4. The average Bonchev–Trinajstić information content (AvgIpc) is 3.01. The number of carbonyl (C=O) groups excluding carboxylic acids is 2. The Morgan fingerprint density at radius 3 is 2.62 bits per heavy atom. The molecule has 0 bridgehead atoms. The van der Waals surface area contributed by atoms with Crippen LogP contribution < -0.4 is 0 Å². The number of allylic oxidation sites excluding steroid dienone is 4. The maximum atomic E-state index is 13.5. The van der Waals surface area contributed by atoms with Gasteiger partial charge in [-0.05, 0) is 63.1 Å². The lowest BCUT2D eigenvalue weighted by molar-refractivity contribution is -0.177. The summed E-state index contributed by atoms with van der Waals surface area (Å²) in [6.45, 7) is 8.10. The highest BCUT2D eigenvalue weighted by molar-refractivity contribution is 6.01. The molecule has 4 fully saturated rings. The maximum Gasteiger partial charge on any atom is 0.178 e. The third kappa shape index (κ3) is 3.13. The fourth-order valence-corrected chi connectivity index (χ4v) is 8.13. The van der Waals surface area contributed by atoms with Gasteiger partial charge < -0.3 is 15.1 Å². The molecule has 1 heterocycles. The normalized spacial score (nSPS) is 46.9. The minimum absolute atomic E-state index is 0.0278. The van der Waals surface area contributed by atoms with Crippen molar-refractivity contribution < 1.29 is 19.8 Å². The van der Waals surface area contributed by atoms with Crippen LogP contribution in [0, 0.1) is 28.6 Å². The van der Waals surface area contributed by atoms with E-state index < -0.39 is 17.1 Å². The second kappa shape index (κ2) is 7.59. The van der Waals surface area contributed by atoms with E-state index in [2.05, 4.69) is 30.7 Å². The van der Waals surface area contributed by atoms with Gasteiger partial charge in [0.25, 0.3) is 0 Å². The number of hydrogen-bond donors (Lipinski definition) is 2. The fourth-order valence-electron chi connectivity index (χ4n) is 8.13. The van der Waals surface area contributed by atoms with Crippen molar-refractivity contribution in [2.75, 3.05) is 39.8 Å². The maximum absolute atomic E-state index is 13.5. The minimum atomic E-state index is -1.37. The summed E-state index contributed by atoms with van der Waals surface area (Å²) in [6.07, 6.45) is 8.33. The van der Waals surface area contributed by atoms with E-state index in [1.807, 2.05) is 6.08 Å². The van der Waals surface area contributed by atoms with Gasteiger partial charge in [0, 0.05) is 42.9 Å². The molecule has 0 aromatic carbocycles. The molecule has 2 N–H and O–H groups in total. The van der Waals surface area contributed by atoms with Crippen molar-refractivity contribution in [3.63, 3.8) is 0 Å². The van der Waals surface area contributed by atoms with Crippen LogP contribution in [-0.2, 0) is 9.59 Å². The van der Waals surface area contributed by atoms with Gasteiger partial charge in [0.1, 0.15) is 5.60 Å². The lowest BCUT2D eigenvalue weighted by Gasteiger charge is -2.59. The van der Waals surface area contributed by atoms with Gasteiger partial charge in [-0.25, -0.2) is 0 Å². The number of aliphatic hydroxyl groups is 2. The Hall–Kier alpha value is -1.34. The monoisotopic (exact) mass is 442 g/mol. The van der Waals surface area contributed by atoms with Gasteiger partial charge in [-0.1, -0.05) is 25.5 Å². The lowest BCUT2D eigenvalue weighted by Crippen LogP contribution is -2.62. The number of ketones is 2. The fraction of sp³-hybridized carbons (Fsp3) is 0.769. The molecule has 5 rings (SSSR count). The van der Waals surface area contributed by atoms with E-state index in [0.29, 0.717) is 19.4 Å². The highest BCUT2D eigenvalue weighted by Crippen LogP contribution is 2.67. The van der Waals surface area contributed by atoms with Gasteiger partial charge in [0.05, 0.1) is 12.6 Å². The van der Waals surface area contributed by atoms with Crippen LogP contribution in [0.3, 0.4) is 0 Å². The predicted molar refractivity (Wildman–Crippen MR) is 122 cm³/mol. The number of Topliss-reactive ketones (excluding diaryl/α,β-unsaturated/α-hetero) is 1. The Morgan fingerprint density at radius 1 is 1.19 bits per heavy atom.